The molecule has 0 saturated heterocycles. The van der Waals surface area contributed by atoms with Gasteiger partial charge in [-0.25, -0.2) is 0 Å². The molecule has 1 aromatic carbocycles. The van der Waals surface area contributed by atoms with Crippen LogP contribution >= 0.6 is 24.0 Å². The van der Waals surface area contributed by atoms with Gasteiger partial charge in [0.15, 0.2) is 0 Å². The Balaban J connectivity index is 0.00000225. The normalized spacial score (nSPS) is 11.8. The summed E-state index contributed by atoms with van der Waals surface area (Å²) in [5, 5.41) is 0.629. The van der Waals surface area contributed by atoms with E-state index in [0.29, 0.717) is 10.8 Å². The van der Waals surface area contributed by atoms with Crippen LogP contribution in [0.2, 0.25) is 5.02 Å². The van der Waals surface area contributed by atoms with Crippen LogP contribution in [0.3, 0.4) is 0 Å². The van der Waals surface area contributed by atoms with Crippen LogP contribution in [-0.4, -0.2) is 7.11 Å². The summed E-state index contributed by atoms with van der Waals surface area (Å²) in [5.41, 5.74) is 7.14. The fourth-order valence-electron chi connectivity index (χ4n) is 1.50. The molecule has 2 nitrogen and oxygen atoms in total. The minimum Gasteiger partial charge on any atom is -0.495 e. The molecular weight excluding hydrogens is 245 g/mol. The Morgan fingerprint density at radius 2 is 2.12 bits per heavy atom. The Hall–Kier alpha value is -0.440. The smallest absolute Gasteiger partial charge is 0.137 e. The Morgan fingerprint density at radius 1 is 1.44 bits per heavy atom. The molecule has 1 rings (SSSR count). The van der Waals surface area contributed by atoms with Gasteiger partial charge in [-0.15, -0.1) is 12.4 Å². The van der Waals surface area contributed by atoms with Gasteiger partial charge >= 0.3 is 0 Å². The topological polar surface area (TPSA) is 35.2 Å². The molecule has 0 bridgehead atoms. The first-order valence-corrected chi connectivity index (χ1v) is 5.65. The van der Waals surface area contributed by atoms with Crippen LogP contribution < -0.4 is 10.5 Å². The van der Waals surface area contributed by atoms with E-state index in [1.165, 1.54) is 6.42 Å². The summed E-state index contributed by atoms with van der Waals surface area (Å²) in [6.45, 7) is 2.16. The van der Waals surface area contributed by atoms with Crippen molar-refractivity contribution in [3.8, 4) is 5.75 Å². The summed E-state index contributed by atoms with van der Waals surface area (Å²) in [7, 11) is 1.61. The van der Waals surface area contributed by atoms with Gasteiger partial charge in [0, 0.05) is 6.04 Å². The maximum absolute atomic E-state index is 6.06. The highest BCUT2D eigenvalue weighted by Crippen LogP contribution is 2.28. The minimum atomic E-state index is 0. The lowest BCUT2D eigenvalue weighted by Crippen LogP contribution is -2.10. The molecule has 0 aliphatic carbocycles. The third-order valence-electron chi connectivity index (χ3n) is 2.47. The number of nitrogens with two attached hydrogens (primary N) is 1. The van der Waals surface area contributed by atoms with E-state index in [2.05, 4.69) is 6.92 Å². The number of ether oxygens (including phenoxy) is 1. The van der Waals surface area contributed by atoms with E-state index < -0.39 is 0 Å². The van der Waals surface area contributed by atoms with Gasteiger partial charge in [0.1, 0.15) is 5.75 Å². The largest absolute Gasteiger partial charge is 0.495 e. The van der Waals surface area contributed by atoms with E-state index in [1.54, 1.807) is 7.11 Å². The van der Waals surface area contributed by atoms with Crippen LogP contribution in [-0.2, 0) is 0 Å². The van der Waals surface area contributed by atoms with Crippen molar-refractivity contribution in [2.45, 2.75) is 32.2 Å². The van der Waals surface area contributed by atoms with Gasteiger partial charge in [0.25, 0.3) is 0 Å². The van der Waals surface area contributed by atoms with Gasteiger partial charge in [0.05, 0.1) is 12.1 Å². The molecule has 0 aliphatic rings. The fourth-order valence-corrected chi connectivity index (χ4v) is 1.69. The highest BCUT2D eigenvalue weighted by atomic mass is 35.5. The maximum Gasteiger partial charge on any atom is 0.137 e. The third kappa shape index (κ3) is 4.20. The average molecular weight is 264 g/mol. The summed E-state index contributed by atoms with van der Waals surface area (Å²) >= 11 is 5.94. The lowest BCUT2D eigenvalue weighted by Gasteiger charge is -2.13. The van der Waals surface area contributed by atoms with Crippen molar-refractivity contribution in [2.24, 2.45) is 5.73 Å². The molecule has 4 heteroatoms. The van der Waals surface area contributed by atoms with Gasteiger partial charge in [0.2, 0.25) is 0 Å². The van der Waals surface area contributed by atoms with E-state index in [0.717, 1.165) is 18.4 Å². The van der Waals surface area contributed by atoms with Crippen molar-refractivity contribution in [2.75, 3.05) is 7.11 Å². The summed E-state index contributed by atoms with van der Waals surface area (Å²) in [4.78, 5) is 0. The van der Waals surface area contributed by atoms with E-state index >= 15 is 0 Å². The summed E-state index contributed by atoms with van der Waals surface area (Å²) in [5.74, 6) is 0.695. The molecule has 0 radical (unpaired) electrons. The van der Waals surface area contributed by atoms with Crippen molar-refractivity contribution >= 4 is 24.0 Å². The van der Waals surface area contributed by atoms with E-state index in [1.807, 2.05) is 18.2 Å². The fraction of sp³-hybridized carbons (Fsp3) is 0.500. The van der Waals surface area contributed by atoms with Crippen molar-refractivity contribution in [1.82, 2.24) is 0 Å². The molecule has 0 heterocycles. The Morgan fingerprint density at radius 3 is 2.69 bits per heavy atom. The monoisotopic (exact) mass is 263 g/mol. The van der Waals surface area contributed by atoms with E-state index in [-0.39, 0.29) is 18.4 Å². The number of rotatable bonds is 5. The van der Waals surface area contributed by atoms with Gasteiger partial charge in [-0.05, 0) is 24.1 Å². The van der Waals surface area contributed by atoms with Gasteiger partial charge in [-0.1, -0.05) is 37.4 Å². The van der Waals surface area contributed by atoms with Crippen molar-refractivity contribution in [1.29, 1.82) is 0 Å². The first kappa shape index (κ1) is 15.6. The number of methoxy groups -OCH3 is 1. The second-order valence-electron chi connectivity index (χ2n) is 3.64. The Bertz CT molecular complexity index is 318. The van der Waals surface area contributed by atoms with Gasteiger partial charge < -0.3 is 10.5 Å². The highest BCUT2D eigenvalue weighted by molar-refractivity contribution is 6.32. The zero-order valence-electron chi connectivity index (χ0n) is 9.70. The van der Waals surface area contributed by atoms with Crippen LogP contribution in [0.1, 0.15) is 37.8 Å². The highest BCUT2D eigenvalue weighted by Gasteiger charge is 2.08. The van der Waals surface area contributed by atoms with Crippen LogP contribution in [0.25, 0.3) is 0 Å². The molecule has 0 fully saturated rings. The zero-order chi connectivity index (χ0) is 11.3. The predicted molar refractivity (Wildman–Crippen MR) is 71.7 cm³/mol. The van der Waals surface area contributed by atoms with Crippen molar-refractivity contribution in [3.63, 3.8) is 0 Å². The quantitative estimate of drug-likeness (QED) is 0.873. The lowest BCUT2D eigenvalue weighted by molar-refractivity contribution is 0.413. The molecule has 0 spiro atoms. The zero-order valence-corrected chi connectivity index (χ0v) is 11.3. The number of benzene rings is 1. The Kier molecular flexibility index (Phi) is 7.56. The minimum absolute atomic E-state index is 0. The number of halogens is 2. The molecule has 2 N–H and O–H groups in total. The van der Waals surface area contributed by atoms with E-state index in [4.69, 9.17) is 22.1 Å². The number of hydrogen-bond donors (Lipinski definition) is 1. The summed E-state index contributed by atoms with van der Waals surface area (Å²) in [6, 6.07) is 5.80. The van der Waals surface area contributed by atoms with Crippen LogP contribution in [0, 0.1) is 0 Å². The number of unbranched alkanes of at least 4 members (excludes halogenated alkanes) is 1. The van der Waals surface area contributed by atoms with Gasteiger partial charge in [-0.2, -0.15) is 0 Å². The molecule has 0 aromatic heterocycles. The molecule has 0 aliphatic heterocycles. The van der Waals surface area contributed by atoms with Crippen LogP contribution in [0.5, 0.6) is 5.75 Å². The average Bonchev–Trinajstić information content (AvgIpc) is 2.26. The molecule has 1 atom stereocenters. The second kappa shape index (κ2) is 7.77. The van der Waals surface area contributed by atoms with Crippen LogP contribution in [0.15, 0.2) is 18.2 Å². The standard InChI is InChI=1S/C12H18ClNO.ClH/c1-3-4-5-11(14)9-6-7-10(13)12(8-9)15-2;/h6-8,11H,3-5,14H2,1-2H3;1H/t11-;/m0./s1. The molecule has 92 valence electrons. The summed E-state index contributed by atoms with van der Waals surface area (Å²) in [6.07, 6.45) is 3.31. The predicted octanol–water partition coefficient (Wildman–Crippen LogP) is 3.96. The first-order chi connectivity index (χ1) is 7.19. The molecule has 0 saturated carbocycles. The van der Waals surface area contributed by atoms with Gasteiger partial charge in [-0.3, -0.25) is 0 Å². The maximum atomic E-state index is 6.06. The summed E-state index contributed by atoms with van der Waals surface area (Å²) < 4.78 is 5.15. The Labute approximate surface area is 109 Å². The van der Waals surface area contributed by atoms with Crippen molar-refractivity contribution in [3.05, 3.63) is 28.8 Å². The molecular formula is C12H19Cl2NO. The molecule has 1 aromatic rings. The lowest BCUT2D eigenvalue weighted by atomic mass is 10.0. The molecule has 0 amide bonds. The third-order valence-corrected chi connectivity index (χ3v) is 2.78. The molecule has 16 heavy (non-hydrogen) atoms. The molecule has 0 unspecified atom stereocenters. The SMILES string of the molecule is CCCC[C@H](N)c1ccc(Cl)c(OC)c1.Cl. The second-order valence-corrected chi connectivity index (χ2v) is 4.05. The van der Waals surface area contributed by atoms with Crippen LogP contribution in [0.4, 0.5) is 0 Å². The van der Waals surface area contributed by atoms with Crippen molar-refractivity contribution < 1.29 is 4.74 Å². The van der Waals surface area contributed by atoms with E-state index in [9.17, 15) is 0 Å². The first-order valence-electron chi connectivity index (χ1n) is 5.28. The number of hydrogen-bond acceptors (Lipinski definition) is 2.